The number of hydrogen-bond acceptors (Lipinski definition) is 1. The highest BCUT2D eigenvalue weighted by atomic mass is 16.4. The molecule has 0 aromatic heterocycles. The second-order valence-electron chi connectivity index (χ2n) is 6.56. The fourth-order valence-corrected chi connectivity index (χ4v) is 4.03. The summed E-state index contributed by atoms with van der Waals surface area (Å²) in [6.45, 7) is 0. The van der Waals surface area contributed by atoms with Gasteiger partial charge in [-0.25, -0.2) is 0 Å². The predicted octanol–water partition coefficient (Wildman–Crippen LogP) is 4.77. The Morgan fingerprint density at radius 1 is 0.889 bits per heavy atom. The highest BCUT2D eigenvalue weighted by Crippen LogP contribution is 2.43. The van der Waals surface area contributed by atoms with Crippen molar-refractivity contribution >= 4 is 5.97 Å². The highest BCUT2D eigenvalue weighted by molar-refractivity contribution is 5.74. The molecule has 104 valence electrons. The number of carboxylic acid groups (broad SMARTS) is 1. The maximum Gasteiger partial charge on any atom is 0.309 e. The molecule has 2 aliphatic rings. The van der Waals surface area contributed by atoms with Gasteiger partial charge in [-0.3, -0.25) is 4.79 Å². The molecular weight excluding hydrogens is 224 g/mol. The zero-order chi connectivity index (χ0) is 12.8. The molecular formula is C16H28O2. The molecule has 2 heteroatoms. The summed E-state index contributed by atoms with van der Waals surface area (Å²) in [5.74, 6) is 0.184. The van der Waals surface area contributed by atoms with Gasteiger partial charge in [-0.15, -0.1) is 0 Å². The predicted molar refractivity (Wildman–Crippen MR) is 73.6 cm³/mol. The standard InChI is InChI=1S/C16H28O2/c17-15(18)16(11-7-2-1-3-8-12-16)13-14-9-5-4-6-10-14/h14H,1-13H2,(H,17,18). The third kappa shape index (κ3) is 3.49. The monoisotopic (exact) mass is 252 g/mol. The summed E-state index contributed by atoms with van der Waals surface area (Å²) in [6, 6.07) is 0. The van der Waals surface area contributed by atoms with Gasteiger partial charge in [-0.2, -0.15) is 0 Å². The van der Waals surface area contributed by atoms with Crippen molar-refractivity contribution in [2.45, 2.75) is 83.5 Å². The zero-order valence-corrected chi connectivity index (χ0v) is 11.6. The van der Waals surface area contributed by atoms with Gasteiger partial charge in [-0.1, -0.05) is 64.2 Å². The lowest BCUT2D eigenvalue weighted by molar-refractivity contribution is -0.152. The van der Waals surface area contributed by atoms with Crippen LogP contribution in [-0.2, 0) is 4.79 Å². The number of aliphatic carboxylic acids is 1. The summed E-state index contributed by atoms with van der Waals surface area (Å²) < 4.78 is 0. The molecule has 0 aliphatic heterocycles. The number of rotatable bonds is 3. The Kier molecular flexibility index (Phi) is 5.08. The van der Waals surface area contributed by atoms with Crippen molar-refractivity contribution in [1.29, 1.82) is 0 Å². The van der Waals surface area contributed by atoms with Crippen LogP contribution in [0.2, 0.25) is 0 Å². The van der Waals surface area contributed by atoms with Gasteiger partial charge in [0.25, 0.3) is 0 Å². The lowest BCUT2D eigenvalue weighted by Crippen LogP contribution is -2.34. The van der Waals surface area contributed by atoms with Crippen LogP contribution in [0.3, 0.4) is 0 Å². The van der Waals surface area contributed by atoms with E-state index in [1.54, 1.807) is 0 Å². The summed E-state index contributed by atoms with van der Waals surface area (Å²) in [6.07, 6.45) is 15.4. The van der Waals surface area contributed by atoms with E-state index in [2.05, 4.69) is 0 Å². The first-order valence-corrected chi connectivity index (χ1v) is 7.96. The molecule has 2 saturated carbocycles. The topological polar surface area (TPSA) is 37.3 Å². The Bertz CT molecular complexity index is 258. The number of carbonyl (C=O) groups is 1. The third-order valence-corrected chi connectivity index (χ3v) is 5.17. The van der Waals surface area contributed by atoms with E-state index >= 15 is 0 Å². The SMILES string of the molecule is O=C(O)C1(CC2CCCCC2)CCCCCCC1. The van der Waals surface area contributed by atoms with Crippen molar-refractivity contribution < 1.29 is 9.90 Å². The molecule has 0 saturated heterocycles. The zero-order valence-electron chi connectivity index (χ0n) is 11.6. The fourth-order valence-electron chi connectivity index (χ4n) is 4.03. The summed E-state index contributed by atoms with van der Waals surface area (Å²) in [5, 5.41) is 9.74. The Hall–Kier alpha value is -0.530. The normalized spacial score (nSPS) is 26.2. The van der Waals surface area contributed by atoms with Crippen LogP contribution in [0.15, 0.2) is 0 Å². The van der Waals surface area contributed by atoms with Crippen LogP contribution in [0.4, 0.5) is 0 Å². The van der Waals surface area contributed by atoms with E-state index in [4.69, 9.17) is 0 Å². The van der Waals surface area contributed by atoms with Crippen molar-refractivity contribution in [1.82, 2.24) is 0 Å². The Balaban J connectivity index is 2.01. The molecule has 0 amide bonds. The van der Waals surface area contributed by atoms with Crippen LogP contribution >= 0.6 is 0 Å². The summed E-state index contributed by atoms with van der Waals surface area (Å²) in [4.78, 5) is 11.8. The first-order chi connectivity index (χ1) is 8.73. The summed E-state index contributed by atoms with van der Waals surface area (Å²) in [7, 11) is 0. The lowest BCUT2D eigenvalue weighted by atomic mass is 9.68. The largest absolute Gasteiger partial charge is 0.481 e. The maximum absolute atomic E-state index is 11.8. The molecule has 1 N–H and O–H groups in total. The molecule has 0 unspecified atom stereocenters. The smallest absolute Gasteiger partial charge is 0.309 e. The second kappa shape index (κ2) is 6.58. The number of hydrogen-bond donors (Lipinski definition) is 1. The Morgan fingerprint density at radius 3 is 1.94 bits per heavy atom. The average molecular weight is 252 g/mol. The second-order valence-corrected chi connectivity index (χ2v) is 6.56. The minimum atomic E-state index is -0.505. The lowest BCUT2D eigenvalue weighted by Gasteiger charge is -2.36. The van der Waals surface area contributed by atoms with Gasteiger partial charge in [0.15, 0.2) is 0 Å². The van der Waals surface area contributed by atoms with Gasteiger partial charge < -0.3 is 5.11 Å². The molecule has 2 fully saturated rings. The van der Waals surface area contributed by atoms with Crippen LogP contribution in [-0.4, -0.2) is 11.1 Å². The Morgan fingerprint density at radius 2 is 1.39 bits per heavy atom. The van der Waals surface area contributed by atoms with Gasteiger partial charge in [-0.05, 0) is 25.2 Å². The summed E-state index contributed by atoms with van der Waals surface area (Å²) >= 11 is 0. The van der Waals surface area contributed by atoms with Gasteiger partial charge in [0, 0.05) is 0 Å². The molecule has 2 rings (SSSR count). The molecule has 0 radical (unpaired) electrons. The van der Waals surface area contributed by atoms with Gasteiger partial charge in [0.1, 0.15) is 0 Å². The van der Waals surface area contributed by atoms with E-state index in [-0.39, 0.29) is 5.41 Å². The van der Waals surface area contributed by atoms with E-state index in [9.17, 15) is 9.90 Å². The molecule has 0 atom stereocenters. The molecule has 0 spiro atoms. The van der Waals surface area contributed by atoms with Crippen molar-refractivity contribution in [3.8, 4) is 0 Å². The third-order valence-electron chi connectivity index (χ3n) is 5.17. The summed E-state index contributed by atoms with van der Waals surface area (Å²) in [5.41, 5.74) is -0.373. The Labute approximate surface area is 111 Å². The average Bonchev–Trinajstić information content (AvgIpc) is 2.34. The molecule has 2 aliphatic carbocycles. The van der Waals surface area contributed by atoms with Crippen molar-refractivity contribution in [2.24, 2.45) is 11.3 Å². The molecule has 0 aromatic rings. The molecule has 0 bridgehead atoms. The highest BCUT2D eigenvalue weighted by Gasteiger charge is 2.40. The molecule has 2 nitrogen and oxygen atoms in total. The van der Waals surface area contributed by atoms with Crippen LogP contribution in [0.5, 0.6) is 0 Å². The van der Waals surface area contributed by atoms with Crippen LogP contribution < -0.4 is 0 Å². The van der Waals surface area contributed by atoms with Gasteiger partial charge in [0.2, 0.25) is 0 Å². The van der Waals surface area contributed by atoms with Gasteiger partial charge in [0.05, 0.1) is 5.41 Å². The van der Waals surface area contributed by atoms with Crippen molar-refractivity contribution in [3.05, 3.63) is 0 Å². The van der Waals surface area contributed by atoms with Crippen molar-refractivity contribution in [3.63, 3.8) is 0 Å². The van der Waals surface area contributed by atoms with Crippen LogP contribution in [0, 0.1) is 11.3 Å². The van der Waals surface area contributed by atoms with E-state index < -0.39 is 5.97 Å². The first-order valence-electron chi connectivity index (χ1n) is 7.96. The van der Waals surface area contributed by atoms with Crippen molar-refractivity contribution in [2.75, 3.05) is 0 Å². The first kappa shape index (κ1) is 13.9. The van der Waals surface area contributed by atoms with E-state index in [0.29, 0.717) is 5.92 Å². The van der Waals surface area contributed by atoms with Crippen LogP contribution in [0.25, 0.3) is 0 Å². The quantitative estimate of drug-likeness (QED) is 0.785. The van der Waals surface area contributed by atoms with E-state index in [0.717, 1.165) is 32.1 Å². The minimum absolute atomic E-state index is 0.373. The maximum atomic E-state index is 11.8. The molecule has 18 heavy (non-hydrogen) atoms. The fraction of sp³-hybridized carbons (Fsp3) is 0.938. The van der Waals surface area contributed by atoms with E-state index in [1.807, 2.05) is 0 Å². The molecule has 0 heterocycles. The number of carboxylic acids is 1. The van der Waals surface area contributed by atoms with Gasteiger partial charge >= 0.3 is 5.97 Å². The van der Waals surface area contributed by atoms with E-state index in [1.165, 1.54) is 51.4 Å². The van der Waals surface area contributed by atoms with Crippen LogP contribution in [0.1, 0.15) is 83.5 Å². The molecule has 0 aromatic carbocycles. The minimum Gasteiger partial charge on any atom is -0.481 e.